The molecule has 3 N–H and O–H groups in total. The third-order valence-corrected chi connectivity index (χ3v) is 9.12. The van der Waals surface area contributed by atoms with Crippen LogP contribution in [0.15, 0.2) is 35.1 Å². The summed E-state index contributed by atoms with van der Waals surface area (Å²) in [6, 6.07) is 8.46. The summed E-state index contributed by atoms with van der Waals surface area (Å²) < 4.78 is 29.9. The molecule has 41 heavy (non-hydrogen) atoms. The zero-order valence-electron chi connectivity index (χ0n) is 24.1. The number of carbonyl (C=O) groups is 2. The van der Waals surface area contributed by atoms with Gasteiger partial charge in [-0.2, -0.15) is 4.72 Å². The fourth-order valence-electron chi connectivity index (χ4n) is 5.58. The average molecular weight is 591 g/mol. The molecule has 2 aromatic rings. The minimum Gasteiger partial charge on any atom is -0.392 e. The molecule has 226 valence electrons. The maximum absolute atomic E-state index is 14.2. The second kappa shape index (κ2) is 13.7. The molecular weight excluding hydrogens is 548 g/mol. The summed E-state index contributed by atoms with van der Waals surface area (Å²) in [5.74, 6) is -0.693. The summed E-state index contributed by atoms with van der Waals surface area (Å²) in [4.78, 5) is 48.3. The van der Waals surface area contributed by atoms with E-state index in [2.05, 4.69) is 15.4 Å². The van der Waals surface area contributed by atoms with Gasteiger partial charge in [0.1, 0.15) is 0 Å². The molecule has 1 aromatic heterocycles. The minimum absolute atomic E-state index is 0.0392. The van der Waals surface area contributed by atoms with Crippen molar-refractivity contribution >= 4 is 21.8 Å². The first kappa shape index (κ1) is 30.8. The number of imidazole rings is 1. The Labute approximate surface area is 241 Å². The minimum atomic E-state index is -3.67. The van der Waals surface area contributed by atoms with Crippen LogP contribution in [0.25, 0.3) is 11.3 Å². The van der Waals surface area contributed by atoms with Gasteiger partial charge in [-0.1, -0.05) is 63.9 Å². The van der Waals surface area contributed by atoms with Crippen LogP contribution in [0.2, 0.25) is 0 Å². The number of sulfonamides is 1. The Hall–Kier alpha value is -3.16. The smallest absolute Gasteiger partial charge is 0.362 e. The molecule has 2 aliphatic rings. The fourth-order valence-corrected chi connectivity index (χ4v) is 6.81. The summed E-state index contributed by atoms with van der Waals surface area (Å²) in [5, 5.41) is 6.31. The number of nitrogens with one attached hydrogen (secondary N) is 3. The van der Waals surface area contributed by atoms with Crippen molar-refractivity contribution in [2.75, 3.05) is 38.7 Å². The zero-order chi connectivity index (χ0) is 29.6. The second-order valence-electron chi connectivity index (χ2n) is 11.0. The lowest BCUT2D eigenvalue weighted by atomic mass is 9.89. The first-order valence-corrected chi connectivity index (χ1v) is 16.1. The number of benzene rings is 1. The Morgan fingerprint density at radius 2 is 1.78 bits per heavy atom. The van der Waals surface area contributed by atoms with E-state index in [0.717, 1.165) is 17.6 Å². The molecule has 12 nitrogen and oxygen atoms in total. The Kier molecular flexibility index (Phi) is 10.3. The molecule has 13 heteroatoms. The van der Waals surface area contributed by atoms with E-state index in [1.54, 1.807) is 30.2 Å². The number of hydrogen-bond donors (Lipinski definition) is 3. The molecule has 0 spiro atoms. The van der Waals surface area contributed by atoms with Crippen LogP contribution in [0.4, 0.5) is 0 Å². The lowest BCUT2D eigenvalue weighted by molar-refractivity contribution is -0.122. The average Bonchev–Trinajstić information content (AvgIpc) is 3.24. The van der Waals surface area contributed by atoms with Crippen molar-refractivity contribution in [1.29, 1.82) is 0 Å². The number of rotatable bonds is 11. The molecule has 0 bridgehead atoms. The van der Waals surface area contributed by atoms with Crippen molar-refractivity contribution in [3.05, 3.63) is 46.5 Å². The number of carbonyl (C=O) groups excluding carboxylic acids is 2. The largest absolute Gasteiger partial charge is 0.392 e. The first-order chi connectivity index (χ1) is 19.6. The topological polar surface area (TPSA) is 144 Å². The highest BCUT2D eigenvalue weighted by Gasteiger charge is 2.37. The van der Waals surface area contributed by atoms with Crippen molar-refractivity contribution < 1.29 is 22.8 Å². The predicted molar refractivity (Wildman–Crippen MR) is 156 cm³/mol. The van der Waals surface area contributed by atoms with Crippen molar-refractivity contribution in [3.8, 4) is 11.3 Å². The van der Waals surface area contributed by atoms with Crippen LogP contribution in [-0.4, -0.2) is 79.1 Å². The normalized spacial score (nSPS) is 19.8. The predicted octanol–water partition coefficient (Wildman–Crippen LogP) is 1.33. The number of nitrogens with zero attached hydrogens (tertiary/aromatic N) is 3. The van der Waals surface area contributed by atoms with E-state index in [1.165, 1.54) is 0 Å². The Bertz CT molecular complexity index is 1360. The van der Waals surface area contributed by atoms with E-state index >= 15 is 0 Å². The molecule has 1 aliphatic carbocycles. The third-order valence-electron chi connectivity index (χ3n) is 7.46. The molecule has 2 fully saturated rings. The van der Waals surface area contributed by atoms with Gasteiger partial charge in [-0.05, 0) is 18.8 Å². The van der Waals surface area contributed by atoms with E-state index < -0.39 is 28.5 Å². The van der Waals surface area contributed by atoms with Crippen LogP contribution < -0.4 is 25.9 Å². The summed E-state index contributed by atoms with van der Waals surface area (Å²) in [7, 11) is -3.67. The summed E-state index contributed by atoms with van der Waals surface area (Å²) in [6.07, 6.45) is 3.39. The molecule has 1 saturated heterocycles. The number of hydrogen-bond acceptors (Lipinski definition) is 7. The SMILES string of the molecule is CCC(=O)N[C@H]1CCCCC1n1c(-c2ccccc2)c(C(=O)N2CCNCC2)n(OCNS(=O)(=O)CC(C)C)c1=O. The van der Waals surface area contributed by atoms with Gasteiger partial charge in [-0.25, -0.2) is 13.2 Å². The lowest BCUT2D eigenvalue weighted by Crippen LogP contribution is -2.48. The van der Waals surface area contributed by atoms with E-state index in [4.69, 9.17) is 4.84 Å². The van der Waals surface area contributed by atoms with Crippen LogP contribution >= 0.6 is 0 Å². The van der Waals surface area contributed by atoms with Crippen LogP contribution in [0, 0.1) is 5.92 Å². The van der Waals surface area contributed by atoms with Gasteiger partial charge in [0.25, 0.3) is 5.91 Å². The highest BCUT2D eigenvalue weighted by Crippen LogP contribution is 2.34. The number of amides is 2. The summed E-state index contributed by atoms with van der Waals surface area (Å²) in [5.41, 5.74) is 0.495. The van der Waals surface area contributed by atoms with Crippen molar-refractivity contribution in [2.24, 2.45) is 5.92 Å². The molecular formula is C28H42N6O6S. The van der Waals surface area contributed by atoms with Gasteiger partial charge in [0.2, 0.25) is 15.9 Å². The van der Waals surface area contributed by atoms with Gasteiger partial charge in [-0.3, -0.25) is 14.2 Å². The highest BCUT2D eigenvalue weighted by atomic mass is 32.2. The van der Waals surface area contributed by atoms with Crippen LogP contribution in [0.3, 0.4) is 0 Å². The molecule has 2 atom stereocenters. The number of aromatic nitrogens is 2. The molecule has 1 aromatic carbocycles. The standard InChI is InChI=1S/C28H42N6O6S/c1-4-24(35)31-22-12-8-9-13-23(22)33-25(21-10-6-5-7-11-21)26(27(36)32-16-14-29-15-17-32)34(28(33)37)40-19-30-41(38,39)18-20(2)3/h5-7,10-11,20,22-23,29-30H,4,8-9,12-19H2,1-3H3,(H,31,35)/t22-,23?/m0/s1. The van der Waals surface area contributed by atoms with Gasteiger partial charge in [0.05, 0.1) is 17.5 Å². The van der Waals surface area contributed by atoms with Gasteiger partial charge >= 0.3 is 5.69 Å². The van der Waals surface area contributed by atoms with E-state index in [9.17, 15) is 22.8 Å². The zero-order valence-corrected chi connectivity index (χ0v) is 24.9. The maximum Gasteiger partial charge on any atom is 0.362 e. The van der Waals surface area contributed by atoms with E-state index in [-0.39, 0.29) is 35.2 Å². The molecule has 4 rings (SSSR count). The van der Waals surface area contributed by atoms with Gasteiger partial charge in [0.15, 0.2) is 12.4 Å². The van der Waals surface area contributed by atoms with Gasteiger partial charge < -0.3 is 20.4 Å². The molecule has 1 saturated carbocycles. The summed E-state index contributed by atoms with van der Waals surface area (Å²) >= 11 is 0. The van der Waals surface area contributed by atoms with Crippen molar-refractivity contribution in [1.82, 2.24) is 29.6 Å². The van der Waals surface area contributed by atoms with Crippen LogP contribution in [-0.2, 0) is 14.8 Å². The first-order valence-electron chi connectivity index (χ1n) is 14.5. The van der Waals surface area contributed by atoms with Crippen LogP contribution in [0.5, 0.6) is 0 Å². The van der Waals surface area contributed by atoms with Gasteiger partial charge in [-0.15, -0.1) is 4.73 Å². The van der Waals surface area contributed by atoms with Crippen molar-refractivity contribution in [2.45, 2.75) is 65.0 Å². The number of piperazine rings is 1. The van der Waals surface area contributed by atoms with E-state index in [0.29, 0.717) is 56.7 Å². The maximum atomic E-state index is 14.2. The third kappa shape index (κ3) is 7.38. The molecule has 1 unspecified atom stereocenters. The van der Waals surface area contributed by atoms with Gasteiger partial charge in [0, 0.05) is 44.2 Å². The fraction of sp³-hybridized carbons (Fsp3) is 0.607. The summed E-state index contributed by atoms with van der Waals surface area (Å²) in [6.45, 7) is 6.97. The Balaban J connectivity index is 1.86. The molecule has 2 amide bonds. The van der Waals surface area contributed by atoms with Crippen LogP contribution in [0.1, 0.15) is 69.4 Å². The van der Waals surface area contributed by atoms with Crippen molar-refractivity contribution in [3.63, 3.8) is 0 Å². The van der Waals surface area contributed by atoms with E-state index in [1.807, 2.05) is 30.3 Å². The highest BCUT2D eigenvalue weighted by molar-refractivity contribution is 7.89. The monoisotopic (exact) mass is 590 g/mol. The second-order valence-corrected chi connectivity index (χ2v) is 12.9. The Morgan fingerprint density at radius 3 is 2.44 bits per heavy atom. The quantitative estimate of drug-likeness (QED) is 0.335. The Morgan fingerprint density at radius 1 is 1.10 bits per heavy atom. The lowest BCUT2D eigenvalue weighted by Gasteiger charge is -2.33. The molecule has 0 radical (unpaired) electrons. The molecule has 1 aliphatic heterocycles. The molecule has 2 heterocycles.